The maximum Gasteiger partial charge on any atom is 0.285 e. The lowest BCUT2D eigenvalue weighted by atomic mass is 10.0. The van der Waals surface area contributed by atoms with Crippen molar-refractivity contribution in [1.29, 1.82) is 0 Å². The van der Waals surface area contributed by atoms with Gasteiger partial charge in [0.1, 0.15) is 6.61 Å². The Morgan fingerprint density at radius 3 is 2.42 bits per heavy atom. The molecule has 1 aliphatic heterocycles. The van der Waals surface area contributed by atoms with Crippen molar-refractivity contribution < 1.29 is 14.3 Å². The molecule has 36 heavy (non-hydrogen) atoms. The number of benzene rings is 2. The zero-order chi connectivity index (χ0) is 25.8. The summed E-state index contributed by atoms with van der Waals surface area (Å²) < 4.78 is 14.5. The van der Waals surface area contributed by atoms with Crippen LogP contribution in [0.25, 0.3) is 6.08 Å². The van der Waals surface area contributed by atoms with Crippen LogP contribution in [0.4, 0.5) is 0 Å². The summed E-state index contributed by atoms with van der Waals surface area (Å²) in [5, 5.41) is 2.23. The molecule has 0 bridgehead atoms. The predicted octanol–water partition coefficient (Wildman–Crippen LogP) is 7.00. The van der Waals surface area contributed by atoms with E-state index in [-0.39, 0.29) is 5.91 Å². The first-order chi connectivity index (χ1) is 17.3. The van der Waals surface area contributed by atoms with Gasteiger partial charge in [0.2, 0.25) is 0 Å². The van der Waals surface area contributed by atoms with Gasteiger partial charge in [-0.1, -0.05) is 41.6 Å². The van der Waals surface area contributed by atoms with Gasteiger partial charge in [0.05, 0.1) is 11.5 Å². The van der Waals surface area contributed by atoms with Crippen molar-refractivity contribution >= 4 is 51.9 Å². The third-order valence-electron chi connectivity index (χ3n) is 5.62. The number of hydrogen-bond donors (Lipinski definition) is 0. The van der Waals surface area contributed by atoms with Crippen LogP contribution < -0.4 is 14.5 Å². The van der Waals surface area contributed by atoms with E-state index in [1.807, 2.05) is 86.1 Å². The van der Waals surface area contributed by atoms with Gasteiger partial charge in [-0.2, -0.15) is 5.01 Å². The van der Waals surface area contributed by atoms with Crippen molar-refractivity contribution in [2.24, 2.45) is 0 Å². The predicted molar refractivity (Wildman–Crippen MR) is 153 cm³/mol. The van der Waals surface area contributed by atoms with Gasteiger partial charge in [-0.15, -0.1) is 6.58 Å². The molecular formula is C28H27ClN2O3S2. The number of thiocarbonyl (C=S) groups is 1. The van der Waals surface area contributed by atoms with E-state index >= 15 is 0 Å². The van der Waals surface area contributed by atoms with Crippen LogP contribution >= 0.6 is 35.6 Å². The molecule has 0 unspecified atom stereocenters. The third kappa shape index (κ3) is 5.53. The lowest BCUT2D eigenvalue weighted by Crippen LogP contribution is -2.39. The summed E-state index contributed by atoms with van der Waals surface area (Å²) in [6.45, 7) is 10.6. The Kier molecular flexibility index (Phi) is 8.24. The molecule has 8 heteroatoms. The van der Waals surface area contributed by atoms with Crippen LogP contribution in [0.3, 0.4) is 0 Å². The molecular weight excluding hydrogens is 512 g/mol. The van der Waals surface area contributed by atoms with Gasteiger partial charge >= 0.3 is 0 Å². The van der Waals surface area contributed by atoms with Crippen LogP contribution in [0, 0.1) is 13.8 Å². The normalized spacial score (nSPS) is 14.6. The van der Waals surface area contributed by atoms with E-state index in [0.717, 1.165) is 28.1 Å². The first kappa shape index (κ1) is 26.1. The van der Waals surface area contributed by atoms with E-state index in [4.69, 9.17) is 33.3 Å². The zero-order valence-electron chi connectivity index (χ0n) is 20.4. The molecule has 1 saturated heterocycles. The minimum absolute atomic E-state index is 0.154. The van der Waals surface area contributed by atoms with Gasteiger partial charge in [0.25, 0.3) is 5.91 Å². The number of carbonyl (C=O) groups is 1. The van der Waals surface area contributed by atoms with Crippen LogP contribution in [-0.2, 0) is 17.8 Å². The summed E-state index contributed by atoms with van der Waals surface area (Å²) in [7, 11) is 0. The standard InChI is InChI=1S/C28H27ClN2O3S2/c1-5-7-22-14-21(15-24(33-6-2)26(22)34-17-20-10-12-23(29)13-11-20)16-25-27(32)31(28(35)36-25)30-18(3)8-9-19(30)4/h5,8-16H,1,6-7,17H2,2-4H3/b25-16-. The molecule has 0 radical (unpaired) electrons. The molecule has 0 saturated carbocycles. The van der Waals surface area contributed by atoms with Gasteiger partial charge in [0, 0.05) is 22.0 Å². The Hall–Kier alpha value is -3.00. The molecule has 2 aromatic carbocycles. The number of ether oxygens (including phenoxy) is 2. The maximum atomic E-state index is 13.3. The smallest absolute Gasteiger partial charge is 0.285 e. The lowest BCUT2D eigenvalue weighted by Gasteiger charge is -2.20. The zero-order valence-corrected chi connectivity index (χ0v) is 22.8. The van der Waals surface area contributed by atoms with Crippen LogP contribution in [0.1, 0.15) is 35.0 Å². The van der Waals surface area contributed by atoms with Crippen molar-refractivity contribution in [3.05, 3.63) is 99.2 Å². The Balaban J connectivity index is 1.67. The number of nitrogens with zero attached hydrogens (tertiary/aromatic N) is 2. The van der Waals surface area contributed by atoms with Gasteiger partial charge < -0.3 is 9.47 Å². The van der Waals surface area contributed by atoms with E-state index in [2.05, 4.69) is 6.58 Å². The highest BCUT2D eigenvalue weighted by Crippen LogP contribution is 2.38. The number of halogens is 1. The summed E-state index contributed by atoms with van der Waals surface area (Å²) in [6, 6.07) is 15.4. The first-order valence-corrected chi connectivity index (χ1v) is 13.1. The molecule has 1 aromatic heterocycles. The van der Waals surface area contributed by atoms with Crippen molar-refractivity contribution in [3.63, 3.8) is 0 Å². The molecule has 0 aliphatic carbocycles. The van der Waals surface area contributed by atoms with Crippen LogP contribution in [0.5, 0.6) is 11.5 Å². The van der Waals surface area contributed by atoms with Crippen molar-refractivity contribution in [2.75, 3.05) is 11.6 Å². The average Bonchev–Trinajstić information content (AvgIpc) is 3.31. The minimum atomic E-state index is -0.154. The van der Waals surface area contributed by atoms with Crippen LogP contribution in [0.15, 0.2) is 66.1 Å². The second-order valence-electron chi connectivity index (χ2n) is 8.27. The summed E-state index contributed by atoms with van der Waals surface area (Å²) in [6.07, 6.45) is 4.26. The molecule has 5 nitrogen and oxygen atoms in total. The molecule has 4 rings (SSSR count). The summed E-state index contributed by atoms with van der Waals surface area (Å²) in [5.74, 6) is 1.12. The molecule has 3 aromatic rings. The fourth-order valence-electron chi connectivity index (χ4n) is 4.00. The molecule has 1 amide bonds. The first-order valence-electron chi connectivity index (χ1n) is 11.5. The SMILES string of the molecule is C=CCc1cc(/C=C2\SC(=S)N(n3c(C)ccc3C)C2=O)cc(OCC)c1OCc1ccc(Cl)cc1. The number of hydrogen-bond acceptors (Lipinski definition) is 5. The summed E-state index contributed by atoms with van der Waals surface area (Å²) in [4.78, 5) is 13.9. The lowest BCUT2D eigenvalue weighted by molar-refractivity contribution is -0.114. The molecule has 2 heterocycles. The molecule has 0 spiro atoms. The van der Waals surface area contributed by atoms with Crippen molar-refractivity contribution in [1.82, 2.24) is 4.68 Å². The molecule has 0 N–H and O–H groups in total. The Labute approximate surface area is 226 Å². The largest absolute Gasteiger partial charge is 0.490 e. The third-order valence-corrected chi connectivity index (χ3v) is 7.15. The van der Waals surface area contributed by atoms with E-state index in [0.29, 0.717) is 45.4 Å². The van der Waals surface area contributed by atoms with Gasteiger partial charge in [-0.05, 0) is 93.0 Å². The fraction of sp³-hybridized carbons (Fsp3) is 0.214. The van der Waals surface area contributed by atoms with Crippen LogP contribution in [0.2, 0.25) is 5.02 Å². The number of amides is 1. The number of allylic oxidation sites excluding steroid dienone is 1. The quantitative estimate of drug-likeness (QED) is 0.167. The number of thioether (sulfide) groups is 1. The van der Waals surface area contributed by atoms with E-state index in [1.54, 1.807) is 5.01 Å². The van der Waals surface area contributed by atoms with E-state index < -0.39 is 0 Å². The van der Waals surface area contributed by atoms with Crippen molar-refractivity contribution in [2.45, 2.75) is 33.8 Å². The Bertz CT molecular complexity index is 1330. The molecule has 1 fully saturated rings. The van der Waals surface area contributed by atoms with E-state index in [9.17, 15) is 4.79 Å². The summed E-state index contributed by atoms with van der Waals surface area (Å²) >= 11 is 12.9. The molecule has 186 valence electrons. The number of aryl methyl sites for hydroxylation is 2. The fourth-order valence-corrected chi connectivity index (χ4v) is 5.36. The minimum Gasteiger partial charge on any atom is -0.490 e. The van der Waals surface area contributed by atoms with Gasteiger partial charge in [-0.25, -0.2) is 0 Å². The Morgan fingerprint density at radius 2 is 1.78 bits per heavy atom. The number of rotatable bonds is 9. The van der Waals surface area contributed by atoms with Crippen LogP contribution in [-0.4, -0.2) is 21.5 Å². The monoisotopic (exact) mass is 538 g/mol. The Morgan fingerprint density at radius 1 is 1.08 bits per heavy atom. The highest BCUT2D eigenvalue weighted by atomic mass is 35.5. The molecule has 1 aliphatic rings. The van der Waals surface area contributed by atoms with Gasteiger partial charge in [-0.3, -0.25) is 9.47 Å². The highest BCUT2D eigenvalue weighted by Gasteiger charge is 2.34. The maximum absolute atomic E-state index is 13.3. The number of carbonyl (C=O) groups excluding carboxylic acids is 1. The second-order valence-corrected chi connectivity index (χ2v) is 10.4. The summed E-state index contributed by atoms with van der Waals surface area (Å²) in [5.41, 5.74) is 4.63. The highest BCUT2D eigenvalue weighted by molar-refractivity contribution is 8.27. The number of aromatic nitrogens is 1. The second kappa shape index (κ2) is 11.4. The van der Waals surface area contributed by atoms with E-state index in [1.165, 1.54) is 11.8 Å². The van der Waals surface area contributed by atoms with Crippen molar-refractivity contribution in [3.8, 4) is 11.5 Å². The van der Waals surface area contributed by atoms with Gasteiger partial charge in [0.15, 0.2) is 15.8 Å². The topological polar surface area (TPSA) is 43.7 Å². The molecule has 0 atom stereocenters. The average molecular weight is 539 g/mol.